The monoisotopic (exact) mass is 547 g/mol. The standard InChI is InChI=1S/C25H33N5O.HI/c1-26-25(27-14-13-19-17-28-22-11-5-3-9-20(19)22)29-18-23(30-15-7-8-16-30)21-10-4-6-12-24(21)31-2;/h3-6,9-12,17,23,28H,7-8,13-16,18H2,1-2H3,(H2,26,27,29);1H. The second-order valence-electron chi connectivity index (χ2n) is 7.99. The van der Waals surface area contributed by atoms with Crippen molar-refractivity contribution in [1.82, 2.24) is 20.5 Å². The number of hydrogen-bond acceptors (Lipinski definition) is 3. The van der Waals surface area contributed by atoms with Gasteiger partial charge in [0.2, 0.25) is 0 Å². The van der Waals surface area contributed by atoms with E-state index >= 15 is 0 Å². The molecule has 1 aliphatic rings. The van der Waals surface area contributed by atoms with Crippen LogP contribution in [0.1, 0.15) is 30.0 Å². The summed E-state index contributed by atoms with van der Waals surface area (Å²) >= 11 is 0. The second-order valence-corrected chi connectivity index (χ2v) is 7.99. The lowest BCUT2D eigenvalue weighted by Gasteiger charge is -2.30. The van der Waals surface area contributed by atoms with E-state index in [1.807, 2.05) is 19.2 Å². The maximum absolute atomic E-state index is 5.66. The van der Waals surface area contributed by atoms with Gasteiger partial charge in [-0.3, -0.25) is 9.89 Å². The number of aromatic amines is 1. The highest BCUT2D eigenvalue weighted by Gasteiger charge is 2.26. The van der Waals surface area contributed by atoms with Gasteiger partial charge in [0, 0.05) is 42.8 Å². The number of nitrogens with zero attached hydrogens (tertiary/aromatic N) is 2. The number of likely N-dealkylation sites (tertiary alicyclic amines) is 1. The van der Waals surface area contributed by atoms with E-state index in [-0.39, 0.29) is 30.0 Å². The summed E-state index contributed by atoms with van der Waals surface area (Å²) in [7, 11) is 3.58. The molecule has 1 atom stereocenters. The molecule has 6 nitrogen and oxygen atoms in total. The Morgan fingerprint density at radius 1 is 1.09 bits per heavy atom. The summed E-state index contributed by atoms with van der Waals surface area (Å²) in [4.78, 5) is 10.3. The molecule has 3 aromatic rings. The van der Waals surface area contributed by atoms with Crippen molar-refractivity contribution in [2.45, 2.75) is 25.3 Å². The quantitative estimate of drug-likeness (QED) is 0.223. The van der Waals surface area contributed by atoms with Crippen LogP contribution in [0, 0.1) is 0 Å². The molecule has 0 spiro atoms. The maximum atomic E-state index is 5.66. The second kappa shape index (κ2) is 12.1. The number of rotatable bonds is 8. The van der Waals surface area contributed by atoms with Crippen molar-refractivity contribution in [3.05, 3.63) is 65.9 Å². The molecule has 2 aromatic carbocycles. The van der Waals surface area contributed by atoms with Crippen LogP contribution < -0.4 is 15.4 Å². The molecule has 1 unspecified atom stereocenters. The van der Waals surface area contributed by atoms with Crippen molar-refractivity contribution >= 4 is 40.8 Å². The zero-order chi connectivity index (χ0) is 21.5. The van der Waals surface area contributed by atoms with Crippen LogP contribution in [0.25, 0.3) is 10.9 Å². The van der Waals surface area contributed by atoms with Gasteiger partial charge >= 0.3 is 0 Å². The van der Waals surface area contributed by atoms with E-state index in [1.54, 1.807) is 7.11 Å². The van der Waals surface area contributed by atoms with E-state index in [0.29, 0.717) is 0 Å². The number of guanidine groups is 1. The number of halogens is 1. The van der Waals surface area contributed by atoms with Gasteiger partial charge in [-0.25, -0.2) is 0 Å². The molecular formula is C25H34IN5O. The van der Waals surface area contributed by atoms with E-state index in [2.05, 4.69) is 68.1 Å². The Hall–Kier alpha value is -2.26. The number of nitrogens with one attached hydrogen (secondary N) is 3. The van der Waals surface area contributed by atoms with E-state index in [9.17, 15) is 0 Å². The Morgan fingerprint density at radius 2 is 1.84 bits per heavy atom. The summed E-state index contributed by atoms with van der Waals surface area (Å²) in [5.74, 6) is 1.78. The van der Waals surface area contributed by atoms with Gasteiger partial charge in [0.1, 0.15) is 5.75 Å². The number of aliphatic imine (C=N–C) groups is 1. The lowest BCUT2D eigenvalue weighted by molar-refractivity contribution is 0.239. The summed E-state index contributed by atoms with van der Waals surface area (Å²) in [6, 6.07) is 17.0. The minimum Gasteiger partial charge on any atom is -0.496 e. The van der Waals surface area contributed by atoms with Crippen molar-refractivity contribution in [3.63, 3.8) is 0 Å². The maximum Gasteiger partial charge on any atom is 0.191 e. The fraction of sp³-hybridized carbons (Fsp3) is 0.400. The van der Waals surface area contributed by atoms with Crippen molar-refractivity contribution in [2.75, 3.05) is 40.3 Å². The van der Waals surface area contributed by atoms with Crippen molar-refractivity contribution in [2.24, 2.45) is 4.99 Å². The van der Waals surface area contributed by atoms with Gasteiger partial charge in [0.25, 0.3) is 0 Å². The molecule has 0 saturated carbocycles. The molecule has 7 heteroatoms. The van der Waals surface area contributed by atoms with Gasteiger partial charge in [-0.05, 0) is 50.0 Å². The van der Waals surface area contributed by atoms with Crippen LogP contribution in [0.5, 0.6) is 5.75 Å². The van der Waals surface area contributed by atoms with Gasteiger partial charge < -0.3 is 20.4 Å². The van der Waals surface area contributed by atoms with Crippen LogP contribution in [-0.2, 0) is 6.42 Å². The summed E-state index contributed by atoms with van der Waals surface area (Å²) < 4.78 is 5.66. The minimum absolute atomic E-state index is 0. The number of benzene rings is 2. The zero-order valence-corrected chi connectivity index (χ0v) is 21.3. The van der Waals surface area contributed by atoms with Crippen molar-refractivity contribution in [1.29, 1.82) is 0 Å². The molecular weight excluding hydrogens is 513 g/mol. The molecule has 1 saturated heterocycles. The SMILES string of the molecule is CN=C(NCCc1c[nH]c2ccccc12)NCC(c1ccccc1OC)N1CCCC1.I. The summed E-state index contributed by atoms with van der Waals surface area (Å²) in [6.45, 7) is 3.85. The summed E-state index contributed by atoms with van der Waals surface area (Å²) in [6.07, 6.45) is 5.55. The molecule has 32 heavy (non-hydrogen) atoms. The molecule has 0 aliphatic carbocycles. The van der Waals surface area contributed by atoms with Gasteiger partial charge in [0.05, 0.1) is 13.2 Å². The predicted molar refractivity (Wildman–Crippen MR) is 143 cm³/mol. The van der Waals surface area contributed by atoms with E-state index in [4.69, 9.17) is 4.74 Å². The molecule has 1 aromatic heterocycles. The first-order valence-electron chi connectivity index (χ1n) is 11.2. The van der Waals surface area contributed by atoms with Gasteiger partial charge in [-0.15, -0.1) is 24.0 Å². The lowest BCUT2D eigenvalue weighted by Crippen LogP contribution is -2.43. The average molecular weight is 547 g/mol. The van der Waals surface area contributed by atoms with E-state index in [1.165, 1.54) is 34.9 Å². The van der Waals surface area contributed by atoms with Crippen LogP contribution in [0.15, 0.2) is 59.7 Å². The first-order chi connectivity index (χ1) is 15.3. The smallest absolute Gasteiger partial charge is 0.191 e. The largest absolute Gasteiger partial charge is 0.496 e. The Balaban J connectivity index is 0.00000289. The molecule has 0 amide bonds. The van der Waals surface area contributed by atoms with Crippen molar-refractivity contribution < 1.29 is 4.74 Å². The third kappa shape index (κ3) is 5.75. The number of fused-ring (bicyclic) bond motifs is 1. The molecule has 4 rings (SSSR count). The Labute approximate surface area is 207 Å². The van der Waals surface area contributed by atoms with Crippen molar-refractivity contribution in [3.8, 4) is 5.75 Å². The average Bonchev–Trinajstić information content (AvgIpc) is 3.49. The number of ether oxygens (including phenoxy) is 1. The van der Waals surface area contributed by atoms with Crippen LogP contribution in [-0.4, -0.2) is 56.2 Å². The predicted octanol–water partition coefficient (Wildman–Crippen LogP) is 4.34. The molecule has 0 bridgehead atoms. The van der Waals surface area contributed by atoms with E-state index in [0.717, 1.165) is 44.3 Å². The Morgan fingerprint density at radius 3 is 2.62 bits per heavy atom. The highest BCUT2D eigenvalue weighted by Crippen LogP contribution is 2.31. The minimum atomic E-state index is 0. The fourth-order valence-electron chi connectivity index (χ4n) is 4.50. The molecule has 0 radical (unpaired) electrons. The van der Waals surface area contributed by atoms with Crippen LogP contribution >= 0.6 is 24.0 Å². The number of methoxy groups -OCH3 is 1. The highest BCUT2D eigenvalue weighted by atomic mass is 127. The van der Waals surface area contributed by atoms with Crippen LogP contribution in [0.2, 0.25) is 0 Å². The Bertz CT molecular complexity index is 1010. The fourth-order valence-corrected chi connectivity index (χ4v) is 4.50. The van der Waals surface area contributed by atoms with Crippen LogP contribution in [0.4, 0.5) is 0 Å². The first-order valence-corrected chi connectivity index (χ1v) is 11.2. The molecule has 2 heterocycles. The molecule has 1 aliphatic heterocycles. The number of para-hydroxylation sites is 2. The first kappa shape index (κ1) is 24.4. The topological polar surface area (TPSA) is 64.7 Å². The van der Waals surface area contributed by atoms with Gasteiger partial charge in [0.15, 0.2) is 5.96 Å². The van der Waals surface area contributed by atoms with Gasteiger partial charge in [-0.1, -0.05) is 36.4 Å². The highest BCUT2D eigenvalue weighted by molar-refractivity contribution is 14.0. The van der Waals surface area contributed by atoms with E-state index < -0.39 is 0 Å². The molecule has 3 N–H and O–H groups in total. The molecule has 1 fully saturated rings. The summed E-state index contributed by atoms with van der Waals surface area (Å²) in [5, 5.41) is 8.31. The van der Waals surface area contributed by atoms with Gasteiger partial charge in [-0.2, -0.15) is 0 Å². The zero-order valence-electron chi connectivity index (χ0n) is 18.9. The summed E-state index contributed by atoms with van der Waals surface area (Å²) in [5.41, 5.74) is 3.74. The molecule has 172 valence electrons. The number of hydrogen-bond donors (Lipinski definition) is 3. The third-order valence-corrected chi connectivity index (χ3v) is 6.13. The van der Waals surface area contributed by atoms with Crippen LogP contribution in [0.3, 0.4) is 0 Å². The normalized spacial score (nSPS) is 15.4. The lowest BCUT2D eigenvalue weighted by atomic mass is 10.0. The number of H-pyrrole nitrogens is 1. The number of aromatic nitrogens is 1. The Kier molecular flexibility index (Phi) is 9.23. The third-order valence-electron chi connectivity index (χ3n) is 6.13.